The molecule has 174 valence electrons. The second-order valence-corrected chi connectivity index (χ2v) is 9.27. The predicted octanol–water partition coefficient (Wildman–Crippen LogP) is 9.20. The van der Waals surface area contributed by atoms with Crippen molar-refractivity contribution in [1.29, 1.82) is 0 Å². The van der Waals surface area contributed by atoms with Crippen LogP contribution in [0.25, 0.3) is 0 Å². The molecule has 0 aliphatic rings. The van der Waals surface area contributed by atoms with E-state index in [-0.39, 0.29) is 0 Å². The molecule has 0 atom stereocenters. The number of benzene rings is 1. The minimum atomic E-state index is 1.21. The third-order valence-corrected chi connectivity index (χ3v) is 6.68. The molecule has 0 aliphatic carbocycles. The number of hydrogen-bond acceptors (Lipinski definition) is 1. The highest BCUT2D eigenvalue weighted by Crippen LogP contribution is 2.15. The summed E-state index contributed by atoms with van der Waals surface area (Å²) < 4.78 is 0. The third-order valence-electron chi connectivity index (χ3n) is 6.68. The summed E-state index contributed by atoms with van der Waals surface area (Å²) >= 11 is 0. The van der Waals surface area contributed by atoms with Crippen molar-refractivity contribution in [1.82, 2.24) is 4.90 Å². The quantitative estimate of drug-likeness (QED) is 0.171. The van der Waals surface area contributed by atoms with Crippen LogP contribution >= 0.6 is 0 Å². The van der Waals surface area contributed by atoms with E-state index in [1.54, 1.807) is 0 Å². The van der Waals surface area contributed by atoms with Gasteiger partial charge in [-0.15, -0.1) is 0 Å². The Morgan fingerprint density at radius 1 is 0.467 bits per heavy atom. The van der Waals surface area contributed by atoms with Crippen LogP contribution in [0.15, 0.2) is 30.3 Å². The lowest BCUT2D eigenvalue weighted by atomic mass is 10.0. The van der Waals surface area contributed by atoms with E-state index in [1.165, 1.54) is 141 Å². The fourth-order valence-corrected chi connectivity index (χ4v) is 4.50. The van der Waals surface area contributed by atoms with Gasteiger partial charge in [-0.1, -0.05) is 140 Å². The maximum atomic E-state index is 2.55. The molecule has 30 heavy (non-hydrogen) atoms. The number of unbranched alkanes of at least 4 members (excludes halogenated alkanes) is 16. The molecule has 0 bridgehead atoms. The summed E-state index contributed by atoms with van der Waals surface area (Å²) in [6, 6.07) is 10.9. The predicted molar refractivity (Wildman–Crippen MR) is 136 cm³/mol. The Hall–Kier alpha value is -0.820. The molecule has 0 heterocycles. The van der Waals surface area contributed by atoms with Gasteiger partial charge in [-0.2, -0.15) is 0 Å². The average molecular weight is 416 g/mol. The zero-order valence-corrected chi connectivity index (χ0v) is 20.7. The number of aryl methyl sites for hydroxylation is 1. The summed E-state index contributed by atoms with van der Waals surface area (Å²) in [5.41, 5.74) is 1.50. The van der Waals surface area contributed by atoms with E-state index in [1.807, 2.05) is 0 Å². The zero-order valence-electron chi connectivity index (χ0n) is 20.7. The van der Waals surface area contributed by atoms with Gasteiger partial charge in [0, 0.05) is 0 Å². The van der Waals surface area contributed by atoms with Crippen molar-refractivity contribution in [3.8, 4) is 0 Å². The van der Waals surface area contributed by atoms with Gasteiger partial charge in [0.15, 0.2) is 0 Å². The minimum Gasteiger partial charge on any atom is -0.304 e. The summed E-state index contributed by atoms with van der Waals surface area (Å²) in [7, 11) is 0. The smallest absolute Gasteiger partial charge is 0.00190 e. The molecule has 0 fully saturated rings. The number of rotatable bonds is 22. The van der Waals surface area contributed by atoms with Crippen LogP contribution in [0.1, 0.15) is 129 Å². The van der Waals surface area contributed by atoms with Crippen LogP contribution in [0.2, 0.25) is 0 Å². The molecule has 1 aromatic rings. The van der Waals surface area contributed by atoms with E-state index in [0.717, 1.165) is 0 Å². The zero-order chi connectivity index (χ0) is 21.5. The van der Waals surface area contributed by atoms with Crippen LogP contribution in [0, 0.1) is 0 Å². The lowest BCUT2D eigenvalue weighted by Crippen LogP contribution is -2.23. The Kier molecular flexibility index (Phi) is 19.4. The van der Waals surface area contributed by atoms with Crippen molar-refractivity contribution >= 4 is 0 Å². The molecule has 1 rings (SSSR count). The van der Waals surface area contributed by atoms with Crippen molar-refractivity contribution in [3.63, 3.8) is 0 Å². The SMILES string of the molecule is CCN(CC)CCCCCCCCCCCCCCCCCCCc1ccccc1. The van der Waals surface area contributed by atoms with Gasteiger partial charge < -0.3 is 4.90 Å². The van der Waals surface area contributed by atoms with Crippen molar-refractivity contribution in [2.24, 2.45) is 0 Å². The Morgan fingerprint density at radius 3 is 1.23 bits per heavy atom. The van der Waals surface area contributed by atoms with Crippen LogP contribution in [0.5, 0.6) is 0 Å². The summed E-state index contributed by atoms with van der Waals surface area (Å²) in [5, 5.41) is 0. The van der Waals surface area contributed by atoms with E-state index in [2.05, 4.69) is 49.1 Å². The third kappa shape index (κ3) is 16.9. The molecule has 0 N–H and O–H groups in total. The summed E-state index contributed by atoms with van der Waals surface area (Å²) in [6.45, 7) is 8.29. The molecule has 1 aromatic carbocycles. The van der Waals surface area contributed by atoms with Gasteiger partial charge in [-0.25, -0.2) is 0 Å². The highest BCUT2D eigenvalue weighted by molar-refractivity contribution is 5.14. The Balaban J connectivity index is 1.69. The first-order chi connectivity index (χ1) is 14.9. The van der Waals surface area contributed by atoms with E-state index in [9.17, 15) is 0 Å². The van der Waals surface area contributed by atoms with E-state index >= 15 is 0 Å². The molecule has 0 amide bonds. The molecule has 1 heteroatoms. The van der Waals surface area contributed by atoms with E-state index in [4.69, 9.17) is 0 Å². The van der Waals surface area contributed by atoms with E-state index < -0.39 is 0 Å². The van der Waals surface area contributed by atoms with Crippen LogP contribution in [0.4, 0.5) is 0 Å². The van der Waals surface area contributed by atoms with Crippen LogP contribution in [-0.4, -0.2) is 24.5 Å². The number of nitrogens with zero attached hydrogens (tertiary/aromatic N) is 1. The molecule has 0 unspecified atom stereocenters. The van der Waals surface area contributed by atoms with Crippen molar-refractivity contribution in [2.45, 2.75) is 129 Å². The monoisotopic (exact) mass is 415 g/mol. The second kappa shape index (κ2) is 21.4. The van der Waals surface area contributed by atoms with Crippen molar-refractivity contribution in [2.75, 3.05) is 19.6 Å². The van der Waals surface area contributed by atoms with Crippen LogP contribution in [-0.2, 0) is 6.42 Å². The van der Waals surface area contributed by atoms with Gasteiger partial charge in [0.25, 0.3) is 0 Å². The molecule has 0 aromatic heterocycles. The highest BCUT2D eigenvalue weighted by Gasteiger charge is 1.98. The van der Waals surface area contributed by atoms with Gasteiger partial charge >= 0.3 is 0 Å². The first-order valence-corrected chi connectivity index (χ1v) is 13.6. The molecule has 0 saturated heterocycles. The lowest BCUT2D eigenvalue weighted by molar-refractivity contribution is 0.295. The molecule has 0 spiro atoms. The average Bonchev–Trinajstić information content (AvgIpc) is 2.78. The maximum absolute atomic E-state index is 2.55. The maximum Gasteiger partial charge on any atom is -0.00190 e. The minimum absolute atomic E-state index is 1.21. The first-order valence-electron chi connectivity index (χ1n) is 13.6. The summed E-state index contributed by atoms with van der Waals surface area (Å²) in [4.78, 5) is 2.55. The molecule has 0 saturated carbocycles. The first kappa shape index (κ1) is 27.2. The van der Waals surface area contributed by atoms with Gasteiger partial charge in [-0.05, 0) is 44.5 Å². The molecule has 1 nitrogen and oxygen atoms in total. The highest BCUT2D eigenvalue weighted by atomic mass is 15.1. The topological polar surface area (TPSA) is 3.24 Å². The van der Waals surface area contributed by atoms with Gasteiger partial charge in [0.1, 0.15) is 0 Å². The molecule has 0 aliphatic heterocycles. The summed E-state index contributed by atoms with van der Waals surface area (Å²) in [5.74, 6) is 0. The summed E-state index contributed by atoms with van der Waals surface area (Å²) in [6.07, 6.45) is 25.9. The largest absolute Gasteiger partial charge is 0.304 e. The normalized spacial score (nSPS) is 11.4. The van der Waals surface area contributed by atoms with Gasteiger partial charge in [-0.3, -0.25) is 0 Å². The lowest BCUT2D eigenvalue weighted by Gasteiger charge is -2.17. The molecular weight excluding hydrogens is 362 g/mol. The fraction of sp³-hybridized carbons (Fsp3) is 0.793. The Bertz CT molecular complexity index is 437. The Morgan fingerprint density at radius 2 is 0.833 bits per heavy atom. The standard InChI is InChI=1S/C29H53N/c1-3-30(4-2)28-24-19-17-15-13-11-9-7-5-6-8-10-12-14-16-18-21-25-29-26-22-20-23-27-29/h20,22-23,26-27H,3-19,21,24-25,28H2,1-2H3. The van der Waals surface area contributed by atoms with E-state index in [0.29, 0.717) is 0 Å². The molecular formula is C29H53N. The van der Waals surface area contributed by atoms with Gasteiger partial charge in [0.05, 0.1) is 0 Å². The van der Waals surface area contributed by atoms with Crippen molar-refractivity contribution in [3.05, 3.63) is 35.9 Å². The van der Waals surface area contributed by atoms with Crippen LogP contribution in [0.3, 0.4) is 0 Å². The van der Waals surface area contributed by atoms with Crippen LogP contribution < -0.4 is 0 Å². The molecule has 0 radical (unpaired) electrons. The van der Waals surface area contributed by atoms with Crippen molar-refractivity contribution < 1.29 is 0 Å². The van der Waals surface area contributed by atoms with Gasteiger partial charge in [0.2, 0.25) is 0 Å². The Labute approximate surface area is 190 Å². The fourth-order valence-electron chi connectivity index (χ4n) is 4.50. The second-order valence-electron chi connectivity index (χ2n) is 9.27. The number of hydrogen-bond donors (Lipinski definition) is 0.